The number of quaternary nitrogens is 1. The summed E-state index contributed by atoms with van der Waals surface area (Å²) >= 11 is 0. The molecule has 4 rings (SSSR count). The quantitative estimate of drug-likeness (QED) is 0.514. The summed E-state index contributed by atoms with van der Waals surface area (Å²) in [6.45, 7) is 3.09. The van der Waals surface area contributed by atoms with Gasteiger partial charge in [-0.2, -0.15) is 5.10 Å². The number of hydrogen-bond donors (Lipinski definition) is 1. The van der Waals surface area contributed by atoms with Gasteiger partial charge in [0.1, 0.15) is 24.0 Å². The molecule has 0 aliphatic heterocycles. The molecular weight excluding hydrogens is 358 g/mol. The molecule has 0 aliphatic rings. The molecule has 29 heavy (non-hydrogen) atoms. The third-order valence-corrected chi connectivity index (χ3v) is 5.19. The molecule has 0 spiro atoms. The maximum absolute atomic E-state index is 5.31. The third-order valence-electron chi connectivity index (χ3n) is 5.19. The fourth-order valence-corrected chi connectivity index (χ4v) is 3.46. The fraction of sp³-hybridized carbons (Fsp3) is 0.160. The van der Waals surface area contributed by atoms with Crippen LogP contribution in [0.5, 0.6) is 5.75 Å². The van der Waals surface area contributed by atoms with Crippen LogP contribution in [0, 0.1) is 0 Å². The highest BCUT2D eigenvalue weighted by atomic mass is 16.5. The van der Waals surface area contributed by atoms with Crippen molar-refractivity contribution in [2.45, 2.75) is 19.5 Å². The first-order chi connectivity index (χ1) is 14.2. The van der Waals surface area contributed by atoms with E-state index in [2.05, 4.69) is 73.0 Å². The first-order valence-corrected chi connectivity index (χ1v) is 9.91. The Morgan fingerprint density at radius 3 is 2.21 bits per heavy atom. The van der Waals surface area contributed by atoms with E-state index in [1.54, 1.807) is 7.11 Å². The van der Waals surface area contributed by atoms with Gasteiger partial charge in [0.15, 0.2) is 0 Å². The van der Waals surface area contributed by atoms with Crippen LogP contribution < -0.4 is 10.1 Å². The number of nitrogens with two attached hydrogens (primary N) is 1. The summed E-state index contributed by atoms with van der Waals surface area (Å²) in [7, 11) is 1.69. The summed E-state index contributed by atoms with van der Waals surface area (Å²) in [5.41, 5.74) is 5.70. The second-order valence-corrected chi connectivity index (χ2v) is 7.15. The summed E-state index contributed by atoms with van der Waals surface area (Å²) in [6.07, 6.45) is 2.14. The molecule has 1 atom stereocenters. The fourth-order valence-electron chi connectivity index (χ4n) is 3.46. The largest absolute Gasteiger partial charge is 0.497 e. The molecule has 4 nitrogen and oxygen atoms in total. The van der Waals surface area contributed by atoms with Crippen molar-refractivity contribution in [3.05, 3.63) is 102 Å². The molecule has 0 fully saturated rings. The van der Waals surface area contributed by atoms with Gasteiger partial charge in [-0.05, 0) is 43.3 Å². The van der Waals surface area contributed by atoms with Crippen LogP contribution in [0.4, 0.5) is 0 Å². The number of rotatable bonds is 7. The molecule has 0 unspecified atom stereocenters. The second-order valence-electron chi connectivity index (χ2n) is 7.15. The lowest BCUT2D eigenvalue weighted by atomic mass is 10.1. The smallest absolute Gasteiger partial charge is 0.118 e. The van der Waals surface area contributed by atoms with Gasteiger partial charge >= 0.3 is 0 Å². The number of methoxy groups -OCH3 is 1. The lowest BCUT2D eigenvalue weighted by Crippen LogP contribution is -2.83. The van der Waals surface area contributed by atoms with Crippen molar-refractivity contribution in [1.29, 1.82) is 0 Å². The number of ether oxygens (including phenoxy) is 1. The van der Waals surface area contributed by atoms with E-state index in [-0.39, 0.29) is 0 Å². The number of hydrogen-bond acceptors (Lipinski definition) is 2. The minimum atomic E-state index is 0.375. The van der Waals surface area contributed by atoms with Gasteiger partial charge in [0, 0.05) is 17.3 Å². The molecule has 4 heteroatoms. The van der Waals surface area contributed by atoms with Gasteiger partial charge in [0.2, 0.25) is 0 Å². The van der Waals surface area contributed by atoms with Crippen LogP contribution in [0.1, 0.15) is 24.1 Å². The first-order valence-electron chi connectivity index (χ1n) is 9.91. The molecule has 0 saturated carbocycles. The number of nitrogens with zero attached hydrogens (tertiary/aromatic N) is 2. The molecule has 4 aromatic rings. The highest BCUT2D eigenvalue weighted by Gasteiger charge is 2.16. The van der Waals surface area contributed by atoms with Gasteiger partial charge in [-0.25, -0.2) is 4.68 Å². The van der Waals surface area contributed by atoms with Gasteiger partial charge in [-0.15, -0.1) is 0 Å². The van der Waals surface area contributed by atoms with Crippen molar-refractivity contribution in [3.8, 4) is 22.7 Å². The molecule has 0 amide bonds. The van der Waals surface area contributed by atoms with Crippen LogP contribution >= 0.6 is 0 Å². The van der Waals surface area contributed by atoms with Gasteiger partial charge in [0.25, 0.3) is 0 Å². The van der Waals surface area contributed by atoms with Gasteiger partial charge in [0.05, 0.1) is 18.4 Å². The van der Waals surface area contributed by atoms with Crippen LogP contribution in [0.2, 0.25) is 0 Å². The molecular formula is C25H26N3O+. The molecule has 0 bridgehead atoms. The molecule has 2 N–H and O–H groups in total. The standard InChI is InChI=1S/C25H25N3O/c1-19(20-9-5-3-6-10-20)26-17-22-18-28(23-11-7-4-8-12-23)27-25(22)21-13-15-24(29-2)16-14-21/h3-16,18-19,26H,17H2,1-2H3/p+1/t19-/m1/s1. The van der Waals surface area contributed by atoms with Crippen molar-refractivity contribution < 1.29 is 10.1 Å². The Morgan fingerprint density at radius 2 is 1.55 bits per heavy atom. The first kappa shape index (κ1) is 19.0. The third kappa shape index (κ3) is 4.39. The van der Waals surface area contributed by atoms with Gasteiger partial charge in [-0.3, -0.25) is 0 Å². The monoisotopic (exact) mass is 384 g/mol. The molecule has 1 heterocycles. The summed E-state index contributed by atoms with van der Waals surface area (Å²) in [5.74, 6) is 0.849. The number of benzene rings is 3. The molecule has 0 radical (unpaired) electrons. The summed E-state index contributed by atoms with van der Waals surface area (Å²) in [6, 6.07) is 29.3. The zero-order valence-corrected chi connectivity index (χ0v) is 16.8. The molecule has 0 aliphatic carbocycles. The Balaban J connectivity index is 1.64. The van der Waals surface area contributed by atoms with E-state index in [0.717, 1.165) is 29.2 Å². The Bertz CT molecular complexity index is 1040. The normalized spacial score (nSPS) is 11.9. The summed E-state index contributed by atoms with van der Waals surface area (Å²) < 4.78 is 7.27. The maximum Gasteiger partial charge on any atom is 0.118 e. The second kappa shape index (κ2) is 8.76. The van der Waals surface area contributed by atoms with Crippen LogP contribution in [0.15, 0.2) is 91.1 Å². The van der Waals surface area contributed by atoms with Crippen molar-refractivity contribution >= 4 is 0 Å². The lowest BCUT2D eigenvalue weighted by molar-refractivity contribution is -0.707. The molecule has 146 valence electrons. The van der Waals surface area contributed by atoms with Gasteiger partial charge < -0.3 is 10.1 Å². The Hall–Kier alpha value is -3.37. The van der Waals surface area contributed by atoms with Crippen molar-refractivity contribution in [2.24, 2.45) is 0 Å². The van der Waals surface area contributed by atoms with E-state index in [1.807, 2.05) is 35.0 Å². The highest BCUT2D eigenvalue weighted by Crippen LogP contribution is 2.25. The average molecular weight is 385 g/mol. The number of para-hydroxylation sites is 1. The van der Waals surface area contributed by atoms with E-state index in [1.165, 1.54) is 11.1 Å². The van der Waals surface area contributed by atoms with Crippen molar-refractivity contribution in [3.63, 3.8) is 0 Å². The Kier molecular flexibility index (Phi) is 5.73. The zero-order valence-electron chi connectivity index (χ0n) is 16.8. The van der Waals surface area contributed by atoms with E-state index in [9.17, 15) is 0 Å². The van der Waals surface area contributed by atoms with Crippen LogP contribution in [-0.4, -0.2) is 16.9 Å². The Morgan fingerprint density at radius 1 is 0.897 bits per heavy atom. The van der Waals surface area contributed by atoms with Crippen LogP contribution in [-0.2, 0) is 6.54 Å². The SMILES string of the molecule is COc1ccc(-c2nn(-c3ccccc3)cc2C[NH2+][C@H](C)c2ccccc2)cc1. The number of aromatic nitrogens is 2. The Labute approximate surface area is 171 Å². The topological polar surface area (TPSA) is 43.7 Å². The van der Waals surface area contributed by atoms with Gasteiger partial charge in [-0.1, -0.05) is 48.5 Å². The zero-order chi connectivity index (χ0) is 20.1. The van der Waals surface area contributed by atoms with Crippen LogP contribution in [0.3, 0.4) is 0 Å². The van der Waals surface area contributed by atoms with E-state index in [0.29, 0.717) is 6.04 Å². The molecule has 0 saturated heterocycles. The highest BCUT2D eigenvalue weighted by molar-refractivity contribution is 5.64. The molecule has 3 aromatic carbocycles. The van der Waals surface area contributed by atoms with Crippen molar-refractivity contribution in [2.75, 3.05) is 7.11 Å². The molecule has 1 aromatic heterocycles. The van der Waals surface area contributed by atoms with E-state index < -0.39 is 0 Å². The average Bonchev–Trinajstić information content (AvgIpc) is 3.23. The predicted octanol–water partition coefficient (Wildman–Crippen LogP) is 4.37. The maximum atomic E-state index is 5.31. The summed E-state index contributed by atoms with van der Waals surface area (Å²) in [5, 5.41) is 7.27. The predicted molar refractivity (Wildman–Crippen MR) is 116 cm³/mol. The minimum Gasteiger partial charge on any atom is -0.497 e. The van der Waals surface area contributed by atoms with Crippen LogP contribution in [0.25, 0.3) is 16.9 Å². The summed E-state index contributed by atoms with van der Waals surface area (Å²) in [4.78, 5) is 0. The lowest BCUT2D eigenvalue weighted by Gasteiger charge is -2.11. The van der Waals surface area contributed by atoms with E-state index in [4.69, 9.17) is 9.84 Å². The minimum absolute atomic E-state index is 0.375. The van der Waals surface area contributed by atoms with Crippen molar-refractivity contribution in [1.82, 2.24) is 9.78 Å². The van der Waals surface area contributed by atoms with E-state index >= 15 is 0 Å².